The van der Waals surface area contributed by atoms with Gasteiger partial charge in [-0.15, -0.1) is 11.8 Å². The van der Waals surface area contributed by atoms with Crippen LogP contribution in [0.5, 0.6) is 0 Å². The molecule has 2 amide bonds. The molecule has 1 aromatic heterocycles. The molecule has 1 fully saturated rings. The minimum Gasteiger partial charge on any atom is -0.308 e. The molecule has 3 aromatic rings. The molecule has 1 saturated carbocycles. The van der Waals surface area contributed by atoms with Crippen LogP contribution in [0.15, 0.2) is 65.6 Å². The van der Waals surface area contributed by atoms with Crippen LogP contribution in [0.25, 0.3) is 0 Å². The Kier molecular flexibility index (Phi) is 5.27. The fraction of sp³-hybridized carbons (Fsp3) is 0.238. The van der Waals surface area contributed by atoms with E-state index >= 15 is 0 Å². The van der Waals surface area contributed by atoms with Crippen LogP contribution in [0.1, 0.15) is 23.6 Å². The first-order valence-electron chi connectivity index (χ1n) is 9.16. The highest BCUT2D eigenvalue weighted by molar-refractivity contribution is 7.98. The number of carbonyl (C=O) groups excluding carboxylic acids is 1. The molecule has 0 bridgehead atoms. The molecule has 4 rings (SSSR count). The number of nitrogens with one attached hydrogen (secondary N) is 2. The number of halogens is 2. The Hall–Kier alpha value is -2.87. The summed E-state index contributed by atoms with van der Waals surface area (Å²) >= 11 is 1.61. The molecule has 0 aliphatic heterocycles. The lowest BCUT2D eigenvalue weighted by atomic mass is 10.2. The summed E-state index contributed by atoms with van der Waals surface area (Å²) in [5.74, 6) is -3.23. The van der Waals surface area contributed by atoms with Crippen molar-refractivity contribution in [3.05, 3.63) is 71.9 Å². The zero-order valence-corrected chi connectivity index (χ0v) is 16.5. The largest absolute Gasteiger partial charge is 0.324 e. The molecule has 29 heavy (non-hydrogen) atoms. The first kappa shape index (κ1) is 19.4. The number of benzene rings is 2. The van der Waals surface area contributed by atoms with Gasteiger partial charge in [-0.3, -0.25) is 5.32 Å². The van der Waals surface area contributed by atoms with Crippen molar-refractivity contribution in [1.29, 1.82) is 0 Å². The van der Waals surface area contributed by atoms with E-state index in [1.807, 2.05) is 60.9 Å². The third-order valence-corrected chi connectivity index (χ3v) is 5.49. The van der Waals surface area contributed by atoms with Crippen molar-refractivity contribution < 1.29 is 13.6 Å². The number of anilines is 2. The second-order valence-corrected chi connectivity index (χ2v) is 7.80. The van der Waals surface area contributed by atoms with Crippen LogP contribution in [0, 0.1) is 0 Å². The van der Waals surface area contributed by atoms with Crippen LogP contribution in [0.2, 0.25) is 0 Å². The van der Waals surface area contributed by atoms with Crippen molar-refractivity contribution in [2.24, 2.45) is 0 Å². The summed E-state index contributed by atoms with van der Waals surface area (Å²) in [7, 11) is 0. The van der Waals surface area contributed by atoms with Gasteiger partial charge in [0.15, 0.2) is 0 Å². The molecule has 2 aromatic carbocycles. The van der Waals surface area contributed by atoms with Gasteiger partial charge in [-0.2, -0.15) is 5.10 Å². The fourth-order valence-corrected chi connectivity index (χ4v) is 3.48. The van der Waals surface area contributed by atoms with Gasteiger partial charge in [0.05, 0.1) is 18.2 Å². The number of rotatable bonds is 6. The molecular weight excluding hydrogens is 394 g/mol. The van der Waals surface area contributed by atoms with Crippen molar-refractivity contribution in [1.82, 2.24) is 9.78 Å². The van der Waals surface area contributed by atoms with E-state index < -0.39 is 17.9 Å². The molecule has 2 N–H and O–H groups in total. The maximum Gasteiger partial charge on any atom is 0.324 e. The molecule has 0 spiro atoms. The highest BCUT2D eigenvalue weighted by Crippen LogP contribution is 2.55. The van der Waals surface area contributed by atoms with Crippen LogP contribution >= 0.6 is 11.8 Å². The number of amides is 2. The van der Waals surface area contributed by atoms with E-state index in [2.05, 4.69) is 15.7 Å². The Morgan fingerprint density at radius 3 is 2.48 bits per heavy atom. The third-order valence-electron chi connectivity index (χ3n) is 4.75. The monoisotopic (exact) mass is 414 g/mol. The van der Waals surface area contributed by atoms with Crippen LogP contribution < -0.4 is 10.6 Å². The van der Waals surface area contributed by atoms with Gasteiger partial charge in [-0.1, -0.05) is 30.3 Å². The smallest absolute Gasteiger partial charge is 0.308 e. The molecule has 1 aliphatic carbocycles. The molecule has 0 saturated heterocycles. The van der Waals surface area contributed by atoms with Crippen molar-refractivity contribution >= 4 is 29.3 Å². The fourth-order valence-electron chi connectivity index (χ4n) is 3.07. The molecule has 1 heterocycles. The first-order chi connectivity index (χ1) is 13.9. The number of hydrogen-bond acceptors (Lipinski definition) is 3. The summed E-state index contributed by atoms with van der Waals surface area (Å²) in [6, 6.07) is 18.0. The van der Waals surface area contributed by atoms with E-state index in [0.29, 0.717) is 23.7 Å². The summed E-state index contributed by atoms with van der Waals surface area (Å²) in [5.41, 5.74) is 1.90. The topological polar surface area (TPSA) is 59.0 Å². The number of aromatic nitrogens is 2. The summed E-state index contributed by atoms with van der Waals surface area (Å²) in [5, 5.41) is 9.83. The Morgan fingerprint density at radius 1 is 1.17 bits per heavy atom. The van der Waals surface area contributed by atoms with Gasteiger partial charge in [-0.05, 0) is 36.1 Å². The lowest BCUT2D eigenvalue weighted by Gasteiger charge is -2.10. The number of carbonyl (C=O) groups is 1. The highest BCUT2D eigenvalue weighted by Gasteiger charge is 2.59. The van der Waals surface area contributed by atoms with E-state index in [4.69, 9.17) is 0 Å². The van der Waals surface area contributed by atoms with E-state index in [1.54, 1.807) is 16.4 Å². The average molecular weight is 414 g/mol. The van der Waals surface area contributed by atoms with Crippen LogP contribution in [0.4, 0.5) is 25.1 Å². The predicted octanol–water partition coefficient (Wildman–Crippen LogP) is 5.42. The number of hydrogen-bond donors (Lipinski definition) is 2. The number of thioether (sulfide) groups is 1. The Bertz CT molecular complexity index is 1010. The van der Waals surface area contributed by atoms with Crippen molar-refractivity contribution in [2.45, 2.75) is 29.7 Å². The first-order valence-corrected chi connectivity index (χ1v) is 10.4. The Morgan fingerprint density at radius 2 is 1.86 bits per heavy atom. The maximum absolute atomic E-state index is 13.5. The van der Waals surface area contributed by atoms with Crippen LogP contribution in [-0.4, -0.2) is 28.0 Å². The molecule has 150 valence electrons. The summed E-state index contributed by atoms with van der Waals surface area (Å²) in [4.78, 5) is 13.5. The normalized spacial score (nSPS) is 17.0. The summed E-state index contributed by atoms with van der Waals surface area (Å²) < 4.78 is 28.6. The molecular formula is C21H20F2N4OS. The van der Waals surface area contributed by atoms with E-state index in [-0.39, 0.29) is 6.42 Å². The summed E-state index contributed by atoms with van der Waals surface area (Å²) in [6.45, 7) is 0.372. The molecule has 5 nitrogen and oxygen atoms in total. The average Bonchev–Trinajstić information content (AvgIpc) is 3.18. The number of alkyl halides is 2. The third kappa shape index (κ3) is 4.59. The second-order valence-electron chi connectivity index (χ2n) is 6.92. The van der Waals surface area contributed by atoms with Gasteiger partial charge in [-0.25, -0.2) is 18.3 Å². The van der Waals surface area contributed by atoms with Crippen molar-refractivity contribution in [2.75, 3.05) is 16.9 Å². The number of nitrogens with zero attached hydrogens (tertiary/aromatic N) is 2. The van der Waals surface area contributed by atoms with Gasteiger partial charge in [0.2, 0.25) is 0 Å². The lowest BCUT2D eigenvalue weighted by Crippen LogP contribution is -2.21. The molecule has 1 aliphatic rings. The van der Waals surface area contributed by atoms with E-state index in [1.165, 1.54) is 6.07 Å². The van der Waals surface area contributed by atoms with Gasteiger partial charge in [0.25, 0.3) is 5.92 Å². The quantitative estimate of drug-likeness (QED) is 0.530. The summed E-state index contributed by atoms with van der Waals surface area (Å²) in [6.07, 6.45) is 1.77. The minimum absolute atomic E-state index is 0.206. The SMILES string of the molecule is CSc1ccc(NC(=O)Nc2cc(C3CC3(F)F)nn2Cc2ccccc2)cc1. The van der Waals surface area contributed by atoms with Crippen LogP contribution in [0.3, 0.4) is 0 Å². The molecule has 1 atom stereocenters. The maximum atomic E-state index is 13.5. The molecule has 1 unspecified atom stereocenters. The highest BCUT2D eigenvalue weighted by atomic mass is 32.2. The van der Waals surface area contributed by atoms with Crippen molar-refractivity contribution in [3.63, 3.8) is 0 Å². The number of urea groups is 1. The predicted molar refractivity (Wildman–Crippen MR) is 111 cm³/mol. The molecule has 0 radical (unpaired) electrons. The van der Waals surface area contributed by atoms with Gasteiger partial charge in [0, 0.05) is 23.1 Å². The van der Waals surface area contributed by atoms with E-state index in [9.17, 15) is 13.6 Å². The second kappa shape index (κ2) is 7.87. The van der Waals surface area contributed by atoms with Crippen molar-refractivity contribution in [3.8, 4) is 0 Å². The van der Waals surface area contributed by atoms with Gasteiger partial charge in [0.1, 0.15) is 5.82 Å². The minimum atomic E-state index is -2.72. The Balaban J connectivity index is 1.51. The zero-order chi connectivity index (χ0) is 20.4. The van der Waals surface area contributed by atoms with Gasteiger partial charge < -0.3 is 5.32 Å². The zero-order valence-electron chi connectivity index (χ0n) is 15.7. The molecule has 8 heteroatoms. The standard InChI is InChI=1S/C21H20F2N4OS/c1-29-16-9-7-15(8-10-16)24-20(28)25-19-11-18(17-12-21(17,22)23)26-27(19)13-14-5-3-2-4-6-14/h2-11,17H,12-13H2,1H3,(H2,24,25,28). The Labute approximate surface area is 171 Å². The van der Waals surface area contributed by atoms with E-state index in [0.717, 1.165) is 10.5 Å². The van der Waals surface area contributed by atoms with Gasteiger partial charge >= 0.3 is 6.03 Å². The lowest BCUT2D eigenvalue weighted by molar-refractivity contribution is 0.111. The van der Waals surface area contributed by atoms with Crippen LogP contribution in [-0.2, 0) is 6.54 Å².